The summed E-state index contributed by atoms with van der Waals surface area (Å²) >= 11 is 0. The van der Waals surface area contributed by atoms with Gasteiger partial charge >= 0.3 is 0 Å². The van der Waals surface area contributed by atoms with E-state index < -0.39 is 0 Å². The zero-order valence-electron chi connectivity index (χ0n) is 11.0. The van der Waals surface area contributed by atoms with Gasteiger partial charge in [0, 0.05) is 24.9 Å². The van der Waals surface area contributed by atoms with Crippen molar-refractivity contribution in [2.45, 2.75) is 19.8 Å². The average molecular weight is 265 g/mol. The number of carbonyl (C=O) groups excluding carboxylic acids is 1. The average Bonchev–Trinajstić information content (AvgIpc) is 2.44. The van der Waals surface area contributed by atoms with Crippen LogP contribution in [0.2, 0.25) is 0 Å². The van der Waals surface area contributed by atoms with Gasteiger partial charge in [-0.15, -0.1) is 5.10 Å². The van der Waals surface area contributed by atoms with Crippen molar-refractivity contribution >= 4 is 12.3 Å². The topological polar surface area (TPSA) is 90.1 Å². The van der Waals surface area contributed by atoms with Gasteiger partial charge in [0.15, 0.2) is 13.1 Å². The van der Waals surface area contributed by atoms with Crippen LogP contribution in [0.15, 0.2) is 34.2 Å². The van der Waals surface area contributed by atoms with Gasteiger partial charge in [0.05, 0.1) is 0 Å². The molecule has 7 heteroatoms. The van der Waals surface area contributed by atoms with Gasteiger partial charge in [0.25, 0.3) is 5.91 Å². The van der Waals surface area contributed by atoms with E-state index in [1.165, 1.54) is 0 Å². The normalized spacial score (nSPS) is 14.4. The minimum Gasteiger partial charge on any atom is -0.461 e. The molecule has 0 aliphatic carbocycles. The van der Waals surface area contributed by atoms with Crippen LogP contribution in [0.5, 0.6) is 0 Å². The van der Waals surface area contributed by atoms with E-state index in [0.29, 0.717) is 25.4 Å². The molecule has 0 aromatic carbocycles. The molecule has 0 bridgehead atoms. The lowest BCUT2D eigenvalue weighted by Crippen LogP contribution is -2.29. The summed E-state index contributed by atoms with van der Waals surface area (Å²) in [5, 5.41) is 8.90. The second-order valence-corrected chi connectivity index (χ2v) is 3.97. The summed E-state index contributed by atoms with van der Waals surface area (Å²) in [4.78, 5) is 13.6. The Morgan fingerprint density at radius 1 is 1.68 bits per heavy atom. The van der Waals surface area contributed by atoms with E-state index >= 15 is 0 Å². The summed E-state index contributed by atoms with van der Waals surface area (Å²) in [6.07, 6.45) is 8.55. The summed E-state index contributed by atoms with van der Waals surface area (Å²) in [7, 11) is 0. The van der Waals surface area contributed by atoms with E-state index in [4.69, 9.17) is 10.3 Å². The first kappa shape index (κ1) is 14.9. The van der Waals surface area contributed by atoms with E-state index in [2.05, 4.69) is 22.6 Å². The molecule has 0 aromatic rings. The van der Waals surface area contributed by atoms with Crippen molar-refractivity contribution in [2.24, 2.45) is 10.3 Å². The van der Waals surface area contributed by atoms with Gasteiger partial charge in [0.2, 0.25) is 0 Å². The molecule has 7 nitrogen and oxygen atoms in total. The monoisotopic (exact) mass is 265 g/mol. The number of rotatable bonds is 8. The molecule has 0 saturated carbocycles. The molecule has 1 aliphatic heterocycles. The van der Waals surface area contributed by atoms with Crippen LogP contribution in [0, 0.1) is 5.53 Å². The van der Waals surface area contributed by atoms with Crippen molar-refractivity contribution in [3.63, 3.8) is 0 Å². The maximum Gasteiger partial charge on any atom is 0.251 e. The Kier molecular flexibility index (Phi) is 6.93. The molecule has 19 heavy (non-hydrogen) atoms. The van der Waals surface area contributed by atoms with Crippen LogP contribution in [-0.4, -0.2) is 37.0 Å². The van der Waals surface area contributed by atoms with Crippen LogP contribution in [-0.2, 0) is 9.53 Å². The minimum absolute atomic E-state index is 0.0418. The predicted octanol–water partition coefficient (Wildman–Crippen LogP) is 1.61. The molecule has 0 atom stereocenters. The molecule has 0 spiro atoms. The van der Waals surface area contributed by atoms with Gasteiger partial charge in [-0.2, -0.15) is 5.53 Å². The second-order valence-electron chi connectivity index (χ2n) is 3.97. The summed E-state index contributed by atoms with van der Waals surface area (Å²) in [6.45, 7) is 3.69. The summed E-state index contributed by atoms with van der Waals surface area (Å²) < 4.78 is 5.03. The first-order chi connectivity index (χ1) is 9.27. The quantitative estimate of drug-likeness (QED) is 0.230. The first-order valence-corrected chi connectivity index (χ1v) is 6.18. The number of hydrogen-bond acceptors (Lipinski definition) is 5. The zero-order chi connectivity index (χ0) is 13.9. The largest absolute Gasteiger partial charge is 0.461 e. The molecule has 0 saturated heterocycles. The highest BCUT2D eigenvalue weighted by atomic mass is 16.5. The van der Waals surface area contributed by atoms with Crippen molar-refractivity contribution < 1.29 is 9.53 Å². The number of nitrogens with one attached hydrogen (secondary N) is 2. The molecule has 0 fully saturated rings. The Balaban J connectivity index is 2.29. The summed E-state index contributed by atoms with van der Waals surface area (Å²) in [6, 6.07) is 0. The van der Waals surface area contributed by atoms with Crippen molar-refractivity contribution in [1.29, 1.82) is 5.53 Å². The standard InChI is InChI=1S/C12H19N5O2/c1-2-3-6-14-12(18)11-4-7-17(8-5-11)10-19-9-15-16-13/h4-5,7,9,13H,2-3,6,8,10H2,1H3,(H,14,18). The summed E-state index contributed by atoms with van der Waals surface area (Å²) in [5.74, 6) is -0.0418. The fraction of sp³-hybridized carbons (Fsp3) is 0.500. The number of amides is 1. The zero-order valence-corrected chi connectivity index (χ0v) is 11.0. The van der Waals surface area contributed by atoms with E-state index in [1.54, 1.807) is 12.3 Å². The molecule has 0 radical (unpaired) electrons. The van der Waals surface area contributed by atoms with Gasteiger partial charge in [-0.25, -0.2) is 0 Å². The number of ether oxygens (including phenoxy) is 1. The number of nitrogens with zero attached hydrogens (tertiary/aromatic N) is 3. The Morgan fingerprint density at radius 3 is 3.16 bits per heavy atom. The molecule has 0 aromatic heterocycles. The van der Waals surface area contributed by atoms with Gasteiger partial charge < -0.3 is 15.0 Å². The van der Waals surface area contributed by atoms with Crippen molar-refractivity contribution in [3.05, 3.63) is 23.9 Å². The highest BCUT2D eigenvalue weighted by Gasteiger charge is 2.10. The Hall–Kier alpha value is -2.18. The second kappa shape index (κ2) is 8.84. The lowest BCUT2D eigenvalue weighted by atomic mass is 10.2. The third-order valence-electron chi connectivity index (χ3n) is 2.51. The molecular weight excluding hydrogens is 246 g/mol. The molecule has 0 unspecified atom stereocenters. The van der Waals surface area contributed by atoms with Gasteiger partial charge in [0.1, 0.15) is 0 Å². The lowest BCUT2D eigenvalue weighted by molar-refractivity contribution is -0.117. The fourth-order valence-electron chi connectivity index (χ4n) is 1.46. The molecule has 1 heterocycles. The number of carbonyl (C=O) groups is 1. The minimum atomic E-state index is -0.0418. The molecular formula is C12H19N5O2. The molecule has 2 N–H and O–H groups in total. The van der Waals surface area contributed by atoms with Crippen LogP contribution < -0.4 is 5.32 Å². The van der Waals surface area contributed by atoms with Crippen molar-refractivity contribution in [2.75, 3.05) is 19.8 Å². The van der Waals surface area contributed by atoms with Crippen molar-refractivity contribution in [3.8, 4) is 0 Å². The molecule has 1 rings (SSSR count). The van der Waals surface area contributed by atoms with Crippen LogP contribution in [0.25, 0.3) is 0 Å². The van der Waals surface area contributed by atoms with Gasteiger partial charge in [-0.3, -0.25) is 4.79 Å². The number of hydrogen-bond donors (Lipinski definition) is 2. The Labute approximate surface area is 112 Å². The third-order valence-corrected chi connectivity index (χ3v) is 2.51. The third kappa shape index (κ3) is 5.80. The smallest absolute Gasteiger partial charge is 0.251 e. The Bertz CT molecular complexity index is 390. The summed E-state index contributed by atoms with van der Waals surface area (Å²) in [5.41, 5.74) is 7.10. The maximum absolute atomic E-state index is 11.7. The van der Waals surface area contributed by atoms with Crippen molar-refractivity contribution in [1.82, 2.24) is 10.2 Å². The van der Waals surface area contributed by atoms with Crippen LogP contribution in [0.3, 0.4) is 0 Å². The number of unbranched alkanes of at least 4 members (excludes halogenated alkanes) is 1. The van der Waals surface area contributed by atoms with E-state index in [9.17, 15) is 4.79 Å². The maximum atomic E-state index is 11.7. The molecule has 1 aliphatic rings. The highest BCUT2D eigenvalue weighted by molar-refractivity contribution is 5.96. The SMILES string of the molecule is CCCCNC(=O)C1=CCN(COC=NN=N)C=C1. The van der Waals surface area contributed by atoms with Crippen LogP contribution in [0.4, 0.5) is 0 Å². The first-order valence-electron chi connectivity index (χ1n) is 6.18. The lowest BCUT2D eigenvalue weighted by Gasteiger charge is -2.21. The van der Waals surface area contributed by atoms with Crippen LogP contribution >= 0.6 is 0 Å². The highest BCUT2D eigenvalue weighted by Crippen LogP contribution is 2.07. The molecule has 1 amide bonds. The van der Waals surface area contributed by atoms with E-state index in [0.717, 1.165) is 19.2 Å². The van der Waals surface area contributed by atoms with Crippen LogP contribution in [0.1, 0.15) is 19.8 Å². The van der Waals surface area contributed by atoms with Gasteiger partial charge in [-0.05, 0) is 17.7 Å². The fourth-order valence-corrected chi connectivity index (χ4v) is 1.46. The Morgan fingerprint density at radius 2 is 2.53 bits per heavy atom. The molecule has 104 valence electrons. The van der Waals surface area contributed by atoms with E-state index in [1.807, 2.05) is 11.0 Å². The van der Waals surface area contributed by atoms with E-state index in [-0.39, 0.29) is 5.91 Å². The predicted molar refractivity (Wildman–Crippen MR) is 71.4 cm³/mol. The van der Waals surface area contributed by atoms with Gasteiger partial charge in [-0.1, -0.05) is 19.4 Å².